The number of hydrogen-bond donors (Lipinski definition) is 0. The van der Waals surface area contributed by atoms with Crippen molar-refractivity contribution < 1.29 is 0 Å². The van der Waals surface area contributed by atoms with Gasteiger partial charge in [0.25, 0.3) is 0 Å². The fourth-order valence-corrected chi connectivity index (χ4v) is 9.78. The van der Waals surface area contributed by atoms with Crippen LogP contribution in [0.5, 0.6) is 0 Å². The first-order chi connectivity index (χ1) is 24.8. The second-order valence-corrected chi connectivity index (χ2v) is 13.8. The molecule has 0 saturated carbocycles. The van der Waals surface area contributed by atoms with E-state index in [-0.39, 0.29) is 0 Å². The number of aromatic nitrogens is 1. The number of rotatable bonds is 3. The van der Waals surface area contributed by atoms with Crippen LogP contribution in [0.4, 0.5) is 0 Å². The third kappa shape index (κ3) is 3.34. The van der Waals surface area contributed by atoms with Crippen LogP contribution in [0.1, 0.15) is 44.5 Å². The number of pyridine rings is 1. The van der Waals surface area contributed by atoms with E-state index in [2.05, 4.69) is 175 Å². The molecule has 11 rings (SSSR count). The molecule has 1 nitrogen and oxygen atoms in total. The van der Waals surface area contributed by atoms with E-state index in [0.29, 0.717) is 0 Å². The zero-order valence-electron chi connectivity index (χ0n) is 27.3. The summed E-state index contributed by atoms with van der Waals surface area (Å²) in [6.07, 6.45) is 1.86. The molecule has 0 fully saturated rings. The van der Waals surface area contributed by atoms with Crippen molar-refractivity contribution in [3.63, 3.8) is 0 Å². The van der Waals surface area contributed by atoms with E-state index >= 15 is 0 Å². The zero-order chi connectivity index (χ0) is 32.9. The third-order valence-electron chi connectivity index (χ3n) is 11.6. The van der Waals surface area contributed by atoms with Crippen molar-refractivity contribution in [2.75, 3.05) is 0 Å². The van der Waals surface area contributed by atoms with Gasteiger partial charge in [-0.05, 0) is 96.1 Å². The van der Waals surface area contributed by atoms with Crippen LogP contribution in [0, 0.1) is 0 Å². The smallest absolute Gasteiger partial charge is 0.0720 e. The van der Waals surface area contributed by atoms with Crippen LogP contribution >= 0.6 is 0 Å². The third-order valence-corrected chi connectivity index (χ3v) is 11.6. The Bertz CT molecular complexity index is 2640. The molecule has 0 aliphatic heterocycles. The number of fused-ring (bicyclic) bond motifs is 12. The fraction of sp³-hybridized carbons (Fsp3) is 0.0408. The van der Waals surface area contributed by atoms with Crippen LogP contribution in [-0.2, 0) is 10.8 Å². The van der Waals surface area contributed by atoms with Crippen LogP contribution in [0.2, 0.25) is 0 Å². The first-order valence-electron chi connectivity index (χ1n) is 17.5. The van der Waals surface area contributed by atoms with E-state index in [0.717, 1.165) is 11.3 Å². The highest BCUT2D eigenvalue weighted by atomic mass is 14.7. The van der Waals surface area contributed by atoms with Crippen molar-refractivity contribution in [1.29, 1.82) is 0 Å². The van der Waals surface area contributed by atoms with Crippen molar-refractivity contribution in [3.8, 4) is 44.6 Å². The average molecular weight is 634 g/mol. The van der Waals surface area contributed by atoms with E-state index in [4.69, 9.17) is 0 Å². The predicted molar refractivity (Wildman–Crippen MR) is 203 cm³/mol. The molecule has 3 aliphatic rings. The molecule has 50 heavy (non-hydrogen) atoms. The van der Waals surface area contributed by atoms with Crippen molar-refractivity contribution in [3.05, 3.63) is 233 Å². The maximum atomic E-state index is 4.58. The van der Waals surface area contributed by atoms with E-state index in [1.807, 2.05) is 18.3 Å². The van der Waals surface area contributed by atoms with E-state index in [1.54, 1.807) is 0 Å². The molecule has 232 valence electrons. The number of benzene rings is 7. The monoisotopic (exact) mass is 633 g/mol. The van der Waals surface area contributed by atoms with Gasteiger partial charge in [0.05, 0.1) is 16.5 Å². The van der Waals surface area contributed by atoms with Gasteiger partial charge >= 0.3 is 0 Å². The topological polar surface area (TPSA) is 12.9 Å². The Balaban J connectivity index is 1.24. The molecule has 0 saturated heterocycles. The van der Waals surface area contributed by atoms with Crippen LogP contribution in [0.15, 0.2) is 188 Å². The Labute approximate surface area is 292 Å². The molecule has 8 aromatic rings. The summed E-state index contributed by atoms with van der Waals surface area (Å²) in [6, 6.07) is 67.9. The molecule has 3 aliphatic carbocycles. The highest BCUT2D eigenvalue weighted by Gasteiger charge is 2.59. The van der Waals surface area contributed by atoms with Gasteiger partial charge in [-0.3, -0.25) is 4.98 Å². The maximum absolute atomic E-state index is 4.58. The standard InChI is InChI=1S/C49H31N/c1-2-13-35(14-3-1)48-40-18-6-5-16-37(40)39-17-12-22-44(47(39)48)49(43-21-9-8-20-42(43)48)41-19-7-4-15-36(41)38-29-28-34(31-45(38)49)32-24-26-33(27-25-32)46-23-10-11-30-50-46/h1-31H. The average Bonchev–Trinajstić information content (AvgIpc) is 3.67. The minimum absolute atomic E-state index is 0.428. The Kier molecular flexibility index (Phi) is 5.58. The molecule has 0 N–H and O–H groups in total. The van der Waals surface area contributed by atoms with Gasteiger partial charge in [0.1, 0.15) is 0 Å². The summed E-state index contributed by atoms with van der Waals surface area (Å²) < 4.78 is 0. The van der Waals surface area contributed by atoms with Gasteiger partial charge in [-0.25, -0.2) is 0 Å². The summed E-state index contributed by atoms with van der Waals surface area (Å²) in [5.41, 5.74) is 19.8. The van der Waals surface area contributed by atoms with Gasteiger partial charge < -0.3 is 0 Å². The van der Waals surface area contributed by atoms with E-state index < -0.39 is 10.8 Å². The highest BCUT2D eigenvalue weighted by Crippen LogP contribution is 2.68. The van der Waals surface area contributed by atoms with Gasteiger partial charge in [0.2, 0.25) is 0 Å². The molecule has 0 amide bonds. The number of hydrogen-bond acceptors (Lipinski definition) is 1. The molecular weight excluding hydrogens is 603 g/mol. The molecular formula is C49H31N. The van der Waals surface area contributed by atoms with Gasteiger partial charge in [-0.15, -0.1) is 0 Å². The van der Waals surface area contributed by atoms with Gasteiger partial charge in [-0.1, -0.05) is 164 Å². The molecule has 2 atom stereocenters. The minimum atomic E-state index is -0.488. The first-order valence-corrected chi connectivity index (χ1v) is 17.5. The Morgan fingerprint density at radius 3 is 1.60 bits per heavy atom. The van der Waals surface area contributed by atoms with Crippen molar-refractivity contribution >= 4 is 0 Å². The molecule has 1 aromatic heterocycles. The summed E-state index contributed by atoms with van der Waals surface area (Å²) in [7, 11) is 0. The molecule has 1 heteroatoms. The Morgan fingerprint density at radius 1 is 0.320 bits per heavy atom. The van der Waals surface area contributed by atoms with Crippen LogP contribution < -0.4 is 0 Å². The Morgan fingerprint density at radius 2 is 0.860 bits per heavy atom. The summed E-state index contributed by atoms with van der Waals surface area (Å²) in [5.74, 6) is 0. The van der Waals surface area contributed by atoms with E-state index in [1.165, 1.54) is 77.9 Å². The largest absolute Gasteiger partial charge is 0.256 e. The van der Waals surface area contributed by atoms with E-state index in [9.17, 15) is 0 Å². The van der Waals surface area contributed by atoms with Gasteiger partial charge in [0, 0.05) is 11.8 Å². The lowest BCUT2D eigenvalue weighted by Gasteiger charge is -2.48. The second kappa shape index (κ2) is 10.1. The van der Waals surface area contributed by atoms with Crippen LogP contribution in [0.25, 0.3) is 44.6 Å². The molecule has 0 radical (unpaired) electrons. The summed E-state index contributed by atoms with van der Waals surface area (Å²) in [6.45, 7) is 0. The minimum Gasteiger partial charge on any atom is -0.256 e. The molecule has 0 bridgehead atoms. The van der Waals surface area contributed by atoms with Crippen LogP contribution in [0.3, 0.4) is 0 Å². The normalized spacial score (nSPS) is 18.6. The molecule has 7 aromatic carbocycles. The Hall–Kier alpha value is -6.31. The quantitative estimate of drug-likeness (QED) is 0.189. The first kappa shape index (κ1) is 27.6. The van der Waals surface area contributed by atoms with Gasteiger partial charge in [-0.2, -0.15) is 0 Å². The van der Waals surface area contributed by atoms with Gasteiger partial charge in [0.15, 0.2) is 0 Å². The number of nitrogens with zero attached hydrogens (tertiary/aromatic N) is 1. The molecule has 1 heterocycles. The molecule has 1 spiro atoms. The second-order valence-electron chi connectivity index (χ2n) is 13.8. The fourth-order valence-electron chi connectivity index (χ4n) is 9.78. The summed E-state index contributed by atoms with van der Waals surface area (Å²) >= 11 is 0. The summed E-state index contributed by atoms with van der Waals surface area (Å²) in [5, 5.41) is 0. The lowest BCUT2D eigenvalue weighted by molar-refractivity contribution is 0.636. The summed E-state index contributed by atoms with van der Waals surface area (Å²) in [4.78, 5) is 4.58. The lowest BCUT2D eigenvalue weighted by atomic mass is 9.52. The SMILES string of the molecule is c1ccc(C23c4ccccc4-c4cccc(c42)C2(c4ccccc4-c4ccc(-c5ccc(-c6ccccn6)cc5)cc42)c2ccccc23)cc1. The van der Waals surface area contributed by atoms with Crippen molar-refractivity contribution in [1.82, 2.24) is 4.98 Å². The highest BCUT2D eigenvalue weighted by molar-refractivity contribution is 5.96. The zero-order valence-corrected chi connectivity index (χ0v) is 27.3. The van der Waals surface area contributed by atoms with Crippen molar-refractivity contribution in [2.24, 2.45) is 0 Å². The predicted octanol–water partition coefficient (Wildman–Crippen LogP) is 11.5. The maximum Gasteiger partial charge on any atom is 0.0720 e. The lowest BCUT2D eigenvalue weighted by Crippen LogP contribution is -2.43. The van der Waals surface area contributed by atoms with Crippen molar-refractivity contribution in [2.45, 2.75) is 10.8 Å². The molecule has 2 unspecified atom stereocenters. The van der Waals surface area contributed by atoms with Crippen LogP contribution in [-0.4, -0.2) is 4.98 Å².